The van der Waals surface area contributed by atoms with Crippen molar-refractivity contribution in [3.05, 3.63) is 24.3 Å². The number of benzene rings is 1. The average Bonchev–Trinajstić information content (AvgIpc) is 2.57. The maximum absolute atomic E-state index is 4.17. The van der Waals surface area contributed by atoms with Crippen LogP contribution in [0.4, 0.5) is 0 Å². The van der Waals surface area contributed by atoms with E-state index >= 15 is 0 Å². The number of fused-ring (bicyclic) bond motifs is 1. The predicted molar refractivity (Wildman–Crippen MR) is 61.6 cm³/mol. The van der Waals surface area contributed by atoms with Crippen molar-refractivity contribution in [2.24, 2.45) is 5.41 Å². The molecule has 1 aromatic heterocycles. The molecule has 1 aromatic carbocycles. The highest BCUT2D eigenvalue weighted by Crippen LogP contribution is 2.20. The van der Waals surface area contributed by atoms with Gasteiger partial charge in [-0.05, 0) is 24.0 Å². The second-order valence-electron chi connectivity index (χ2n) is 5.11. The summed E-state index contributed by atoms with van der Waals surface area (Å²) < 4.78 is 1.99. The Kier molecular flexibility index (Phi) is 2.47. The Morgan fingerprint density at radius 1 is 1.20 bits per heavy atom. The van der Waals surface area contributed by atoms with Gasteiger partial charge in [0.25, 0.3) is 0 Å². The second-order valence-corrected chi connectivity index (χ2v) is 5.11. The van der Waals surface area contributed by atoms with Crippen molar-refractivity contribution in [1.82, 2.24) is 15.0 Å². The van der Waals surface area contributed by atoms with E-state index in [-0.39, 0.29) is 0 Å². The molecule has 0 saturated heterocycles. The molecule has 0 amide bonds. The van der Waals surface area contributed by atoms with Gasteiger partial charge in [0.15, 0.2) is 0 Å². The van der Waals surface area contributed by atoms with Crippen molar-refractivity contribution in [2.75, 3.05) is 0 Å². The third-order valence-corrected chi connectivity index (χ3v) is 2.49. The Morgan fingerprint density at radius 3 is 2.67 bits per heavy atom. The third-order valence-electron chi connectivity index (χ3n) is 2.49. The number of aryl methyl sites for hydroxylation is 1. The first-order chi connectivity index (χ1) is 7.06. The normalized spacial score (nSPS) is 12.2. The molecule has 0 aliphatic rings. The molecule has 0 bridgehead atoms. The minimum absolute atomic E-state index is 0.340. The average molecular weight is 203 g/mol. The lowest BCUT2D eigenvalue weighted by atomic mass is 9.92. The largest absolute Gasteiger partial charge is 0.245 e. The molecule has 3 nitrogen and oxygen atoms in total. The van der Waals surface area contributed by atoms with Crippen molar-refractivity contribution in [2.45, 2.75) is 33.7 Å². The fourth-order valence-electron chi connectivity index (χ4n) is 1.52. The number of hydrogen-bond donors (Lipinski definition) is 0. The molecule has 2 aromatic rings. The molecule has 0 aliphatic carbocycles. The zero-order valence-electron chi connectivity index (χ0n) is 9.57. The summed E-state index contributed by atoms with van der Waals surface area (Å²) in [5, 5.41) is 8.30. The molecule has 80 valence electrons. The lowest BCUT2D eigenvalue weighted by molar-refractivity contribution is 0.342. The van der Waals surface area contributed by atoms with Crippen LogP contribution in [0.5, 0.6) is 0 Å². The number of rotatable bonds is 2. The van der Waals surface area contributed by atoms with Gasteiger partial charge >= 0.3 is 0 Å². The third kappa shape index (κ3) is 2.35. The van der Waals surface area contributed by atoms with Crippen molar-refractivity contribution < 1.29 is 0 Å². The quantitative estimate of drug-likeness (QED) is 0.751. The number of para-hydroxylation sites is 1. The molecule has 0 saturated carbocycles. The zero-order chi connectivity index (χ0) is 10.9. The van der Waals surface area contributed by atoms with Crippen molar-refractivity contribution in [3.63, 3.8) is 0 Å². The molecule has 0 aliphatic heterocycles. The van der Waals surface area contributed by atoms with Crippen molar-refractivity contribution in [3.8, 4) is 0 Å². The smallest absolute Gasteiger partial charge is 0.113 e. The highest BCUT2D eigenvalue weighted by Gasteiger charge is 2.11. The SMILES string of the molecule is CC(C)(C)CCn1nnc2ccccc21. The topological polar surface area (TPSA) is 30.7 Å². The summed E-state index contributed by atoms with van der Waals surface area (Å²) in [6.45, 7) is 7.66. The van der Waals surface area contributed by atoms with Crippen LogP contribution in [-0.4, -0.2) is 15.0 Å². The molecule has 0 fully saturated rings. The summed E-state index contributed by atoms with van der Waals surface area (Å²) in [5.74, 6) is 0. The molecule has 0 atom stereocenters. The maximum atomic E-state index is 4.17. The molecule has 0 unspecified atom stereocenters. The lowest BCUT2D eigenvalue weighted by Crippen LogP contribution is -2.11. The summed E-state index contributed by atoms with van der Waals surface area (Å²) in [6, 6.07) is 8.08. The van der Waals surface area contributed by atoms with E-state index in [0.717, 1.165) is 24.0 Å². The van der Waals surface area contributed by atoms with Crippen LogP contribution in [0.3, 0.4) is 0 Å². The Morgan fingerprint density at radius 2 is 1.93 bits per heavy atom. The molecular formula is C12H17N3. The number of nitrogens with zero attached hydrogens (tertiary/aromatic N) is 3. The Hall–Kier alpha value is -1.38. The highest BCUT2D eigenvalue weighted by atomic mass is 15.4. The van der Waals surface area contributed by atoms with Crippen LogP contribution in [0.15, 0.2) is 24.3 Å². The number of hydrogen-bond acceptors (Lipinski definition) is 2. The lowest BCUT2D eigenvalue weighted by Gasteiger charge is -2.17. The number of aromatic nitrogens is 3. The Labute approximate surface area is 90.1 Å². The fraction of sp³-hybridized carbons (Fsp3) is 0.500. The summed E-state index contributed by atoms with van der Waals surface area (Å²) >= 11 is 0. The van der Waals surface area contributed by atoms with Gasteiger partial charge in [-0.25, -0.2) is 4.68 Å². The van der Waals surface area contributed by atoms with Crippen LogP contribution in [0.25, 0.3) is 11.0 Å². The van der Waals surface area contributed by atoms with E-state index in [2.05, 4.69) is 37.1 Å². The highest BCUT2D eigenvalue weighted by molar-refractivity contribution is 5.73. The summed E-state index contributed by atoms with van der Waals surface area (Å²) in [5.41, 5.74) is 2.45. The first-order valence-corrected chi connectivity index (χ1v) is 5.34. The van der Waals surface area contributed by atoms with Crippen LogP contribution in [0.1, 0.15) is 27.2 Å². The van der Waals surface area contributed by atoms with Gasteiger partial charge in [0.2, 0.25) is 0 Å². The monoisotopic (exact) mass is 203 g/mol. The molecule has 3 heteroatoms. The predicted octanol–water partition coefficient (Wildman–Crippen LogP) is 2.87. The van der Waals surface area contributed by atoms with Crippen LogP contribution in [0.2, 0.25) is 0 Å². The van der Waals surface area contributed by atoms with E-state index in [4.69, 9.17) is 0 Å². The molecule has 2 rings (SSSR count). The van der Waals surface area contributed by atoms with Crippen LogP contribution in [0, 0.1) is 5.41 Å². The van der Waals surface area contributed by atoms with Gasteiger partial charge in [0, 0.05) is 6.54 Å². The van der Waals surface area contributed by atoms with Gasteiger partial charge in [-0.2, -0.15) is 0 Å². The van der Waals surface area contributed by atoms with E-state index in [1.165, 1.54) is 0 Å². The maximum Gasteiger partial charge on any atom is 0.113 e. The molecule has 1 heterocycles. The minimum Gasteiger partial charge on any atom is -0.245 e. The van der Waals surface area contributed by atoms with Gasteiger partial charge < -0.3 is 0 Å². The second kappa shape index (κ2) is 3.65. The Balaban J connectivity index is 2.22. The van der Waals surface area contributed by atoms with E-state index in [9.17, 15) is 0 Å². The standard InChI is InChI=1S/C12H17N3/c1-12(2,3)8-9-15-11-7-5-4-6-10(11)13-14-15/h4-7H,8-9H2,1-3H3. The molecule has 0 spiro atoms. The van der Waals surface area contributed by atoms with Crippen molar-refractivity contribution >= 4 is 11.0 Å². The first kappa shape index (κ1) is 10.1. The van der Waals surface area contributed by atoms with Gasteiger partial charge in [0.1, 0.15) is 5.52 Å². The fourth-order valence-corrected chi connectivity index (χ4v) is 1.52. The molecular weight excluding hydrogens is 186 g/mol. The van der Waals surface area contributed by atoms with E-state index in [0.29, 0.717) is 5.41 Å². The van der Waals surface area contributed by atoms with Crippen molar-refractivity contribution in [1.29, 1.82) is 0 Å². The van der Waals surface area contributed by atoms with Gasteiger partial charge in [-0.1, -0.05) is 38.1 Å². The van der Waals surface area contributed by atoms with Crippen LogP contribution < -0.4 is 0 Å². The molecule has 15 heavy (non-hydrogen) atoms. The van der Waals surface area contributed by atoms with E-state index in [1.54, 1.807) is 0 Å². The molecule has 0 N–H and O–H groups in total. The van der Waals surface area contributed by atoms with Crippen LogP contribution >= 0.6 is 0 Å². The van der Waals surface area contributed by atoms with Gasteiger partial charge in [0.05, 0.1) is 5.52 Å². The zero-order valence-corrected chi connectivity index (χ0v) is 9.57. The minimum atomic E-state index is 0.340. The first-order valence-electron chi connectivity index (χ1n) is 5.34. The summed E-state index contributed by atoms with van der Waals surface area (Å²) in [4.78, 5) is 0. The van der Waals surface area contributed by atoms with E-state index < -0.39 is 0 Å². The van der Waals surface area contributed by atoms with E-state index in [1.807, 2.05) is 22.9 Å². The van der Waals surface area contributed by atoms with Gasteiger partial charge in [-0.3, -0.25) is 0 Å². The Bertz CT molecular complexity index is 451. The summed E-state index contributed by atoms with van der Waals surface area (Å²) in [7, 11) is 0. The summed E-state index contributed by atoms with van der Waals surface area (Å²) in [6.07, 6.45) is 1.11. The molecule has 0 radical (unpaired) electrons. The van der Waals surface area contributed by atoms with Gasteiger partial charge in [-0.15, -0.1) is 5.10 Å². The van der Waals surface area contributed by atoms with Crippen LogP contribution in [-0.2, 0) is 6.54 Å².